The van der Waals surface area contributed by atoms with Crippen LogP contribution in [0.2, 0.25) is 5.02 Å². The van der Waals surface area contributed by atoms with Crippen molar-refractivity contribution in [2.24, 2.45) is 0 Å². The van der Waals surface area contributed by atoms with Gasteiger partial charge in [0, 0.05) is 6.42 Å². The molecule has 0 aliphatic heterocycles. The zero-order valence-corrected chi connectivity index (χ0v) is 10.0. The number of hydrogen-bond donors (Lipinski definition) is 0. The predicted octanol–water partition coefficient (Wildman–Crippen LogP) is 3.04. The minimum Gasteiger partial charge on any atom is -0.495 e. The highest BCUT2D eigenvalue weighted by molar-refractivity contribution is 6.32. The van der Waals surface area contributed by atoms with E-state index in [1.54, 1.807) is 20.1 Å². The van der Waals surface area contributed by atoms with E-state index in [0.29, 0.717) is 17.2 Å². The van der Waals surface area contributed by atoms with E-state index >= 15 is 0 Å². The van der Waals surface area contributed by atoms with Gasteiger partial charge >= 0.3 is 0 Å². The highest BCUT2D eigenvalue weighted by atomic mass is 35.5. The number of benzene rings is 1. The second-order valence-electron chi connectivity index (χ2n) is 3.50. The smallest absolute Gasteiger partial charge is 0.140 e. The monoisotopic (exact) mass is 226 g/mol. The third-order valence-corrected chi connectivity index (χ3v) is 2.50. The average Bonchev–Trinajstić information content (AvgIpc) is 2.15. The number of Topliss-reactive ketones (excluding diaryl/α,β-unsaturated/α-hetero) is 1. The standard InChI is InChI=1S/C12H15ClO2/c1-4-10-6-9(5-8(2)14)7-11(13)12(10)15-3/h6-7H,4-5H2,1-3H3. The van der Waals surface area contributed by atoms with Gasteiger partial charge in [-0.3, -0.25) is 4.79 Å². The number of carbonyl (C=O) groups excluding carboxylic acids is 1. The number of rotatable bonds is 4. The number of carbonyl (C=O) groups is 1. The molecule has 0 aliphatic rings. The molecule has 0 saturated carbocycles. The van der Waals surface area contributed by atoms with Crippen molar-refractivity contribution in [1.29, 1.82) is 0 Å². The highest BCUT2D eigenvalue weighted by Crippen LogP contribution is 2.30. The van der Waals surface area contributed by atoms with Crippen molar-refractivity contribution in [1.82, 2.24) is 0 Å². The molecule has 15 heavy (non-hydrogen) atoms. The summed E-state index contributed by atoms with van der Waals surface area (Å²) in [5, 5.41) is 0.577. The third-order valence-electron chi connectivity index (χ3n) is 2.22. The summed E-state index contributed by atoms with van der Waals surface area (Å²) in [6.07, 6.45) is 1.27. The molecule has 82 valence electrons. The van der Waals surface area contributed by atoms with Crippen molar-refractivity contribution < 1.29 is 9.53 Å². The van der Waals surface area contributed by atoms with Crippen molar-refractivity contribution in [3.63, 3.8) is 0 Å². The molecule has 1 aromatic rings. The van der Waals surface area contributed by atoms with E-state index in [9.17, 15) is 4.79 Å². The minimum absolute atomic E-state index is 0.137. The van der Waals surface area contributed by atoms with Gasteiger partial charge in [-0.2, -0.15) is 0 Å². The first kappa shape index (κ1) is 12.1. The minimum atomic E-state index is 0.137. The van der Waals surface area contributed by atoms with Crippen LogP contribution < -0.4 is 4.74 Å². The Labute approximate surface area is 95.2 Å². The summed E-state index contributed by atoms with van der Waals surface area (Å²) in [7, 11) is 1.60. The Morgan fingerprint density at radius 2 is 2.13 bits per heavy atom. The first-order chi connectivity index (χ1) is 7.08. The Morgan fingerprint density at radius 1 is 1.47 bits per heavy atom. The maximum atomic E-state index is 11.0. The van der Waals surface area contributed by atoms with E-state index in [4.69, 9.17) is 16.3 Å². The maximum absolute atomic E-state index is 11.0. The highest BCUT2D eigenvalue weighted by Gasteiger charge is 2.09. The first-order valence-electron chi connectivity index (χ1n) is 4.93. The van der Waals surface area contributed by atoms with Gasteiger partial charge in [0.2, 0.25) is 0 Å². The molecule has 0 unspecified atom stereocenters. The molecule has 3 heteroatoms. The molecule has 0 aliphatic carbocycles. The molecule has 0 spiro atoms. The van der Waals surface area contributed by atoms with Crippen molar-refractivity contribution in [2.75, 3.05) is 7.11 Å². The quantitative estimate of drug-likeness (QED) is 0.789. The second kappa shape index (κ2) is 5.17. The van der Waals surface area contributed by atoms with Crippen LogP contribution in [0, 0.1) is 0 Å². The summed E-state index contributed by atoms with van der Waals surface area (Å²) in [6, 6.07) is 3.77. The maximum Gasteiger partial charge on any atom is 0.140 e. The summed E-state index contributed by atoms with van der Waals surface area (Å²) < 4.78 is 5.21. The van der Waals surface area contributed by atoms with Crippen molar-refractivity contribution in [3.8, 4) is 5.75 Å². The number of halogens is 1. The first-order valence-corrected chi connectivity index (χ1v) is 5.31. The van der Waals surface area contributed by atoms with Crippen LogP contribution in [-0.2, 0) is 17.6 Å². The van der Waals surface area contributed by atoms with Crippen LogP contribution >= 0.6 is 11.6 Å². The van der Waals surface area contributed by atoms with E-state index in [2.05, 4.69) is 0 Å². The van der Waals surface area contributed by atoms with Crippen LogP contribution in [0.5, 0.6) is 5.75 Å². The van der Waals surface area contributed by atoms with Crippen molar-refractivity contribution in [3.05, 3.63) is 28.3 Å². The molecule has 2 nitrogen and oxygen atoms in total. The average molecular weight is 227 g/mol. The summed E-state index contributed by atoms with van der Waals surface area (Å²) in [4.78, 5) is 11.0. The van der Waals surface area contributed by atoms with E-state index in [-0.39, 0.29) is 5.78 Å². The lowest BCUT2D eigenvalue weighted by Gasteiger charge is -2.10. The lowest BCUT2D eigenvalue weighted by Crippen LogP contribution is -1.99. The fourth-order valence-electron chi connectivity index (χ4n) is 1.59. The van der Waals surface area contributed by atoms with Gasteiger partial charge in [0.25, 0.3) is 0 Å². The molecule has 0 N–H and O–H groups in total. The molecule has 1 rings (SSSR count). The van der Waals surface area contributed by atoms with E-state index in [1.807, 2.05) is 13.0 Å². The summed E-state index contributed by atoms with van der Waals surface area (Å²) in [5.74, 6) is 0.852. The topological polar surface area (TPSA) is 26.3 Å². The van der Waals surface area contributed by atoms with Crippen LogP contribution in [-0.4, -0.2) is 12.9 Å². The largest absolute Gasteiger partial charge is 0.495 e. The Kier molecular flexibility index (Phi) is 4.15. The van der Waals surface area contributed by atoms with Gasteiger partial charge < -0.3 is 4.74 Å². The zero-order chi connectivity index (χ0) is 11.4. The summed E-state index contributed by atoms with van der Waals surface area (Å²) >= 11 is 6.06. The Hall–Kier alpha value is -1.02. The van der Waals surface area contributed by atoms with Crippen molar-refractivity contribution >= 4 is 17.4 Å². The van der Waals surface area contributed by atoms with Gasteiger partial charge in [0.05, 0.1) is 12.1 Å². The third kappa shape index (κ3) is 2.96. The SMILES string of the molecule is CCc1cc(CC(C)=O)cc(Cl)c1OC. The molecule has 0 atom stereocenters. The molecular weight excluding hydrogens is 212 g/mol. The Morgan fingerprint density at radius 3 is 2.60 bits per heavy atom. The number of aryl methyl sites for hydroxylation is 1. The number of hydrogen-bond acceptors (Lipinski definition) is 2. The van der Waals surface area contributed by atoms with Crippen LogP contribution in [0.4, 0.5) is 0 Å². The summed E-state index contributed by atoms with van der Waals surface area (Å²) in [5.41, 5.74) is 1.99. The molecule has 0 fully saturated rings. The predicted molar refractivity (Wildman–Crippen MR) is 61.8 cm³/mol. The zero-order valence-electron chi connectivity index (χ0n) is 9.26. The van der Waals surface area contributed by atoms with Gasteiger partial charge in [0.1, 0.15) is 11.5 Å². The molecule has 0 radical (unpaired) electrons. The van der Waals surface area contributed by atoms with E-state index in [1.165, 1.54) is 0 Å². The molecule has 0 heterocycles. The van der Waals surface area contributed by atoms with E-state index < -0.39 is 0 Å². The lowest BCUT2D eigenvalue weighted by atomic mass is 10.0. The number of methoxy groups -OCH3 is 1. The molecule has 1 aromatic carbocycles. The van der Waals surface area contributed by atoms with Gasteiger partial charge in [-0.1, -0.05) is 24.6 Å². The second-order valence-corrected chi connectivity index (χ2v) is 3.91. The van der Waals surface area contributed by atoms with Crippen molar-refractivity contribution in [2.45, 2.75) is 26.7 Å². The summed E-state index contributed by atoms with van der Waals surface area (Å²) in [6.45, 7) is 3.61. The van der Waals surface area contributed by atoms with Crippen LogP contribution in [0.15, 0.2) is 12.1 Å². The fourth-order valence-corrected chi connectivity index (χ4v) is 1.93. The van der Waals surface area contributed by atoms with Gasteiger partial charge in [-0.15, -0.1) is 0 Å². The Bertz CT molecular complexity index is 372. The van der Waals surface area contributed by atoms with Gasteiger partial charge in [-0.25, -0.2) is 0 Å². The van der Waals surface area contributed by atoms with Crippen LogP contribution in [0.3, 0.4) is 0 Å². The Balaban J connectivity index is 3.13. The molecule has 0 aromatic heterocycles. The molecule has 0 amide bonds. The van der Waals surface area contributed by atoms with Crippen LogP contribution in [0.25, 0.3) is 0 Å². The molecule has 0 bridgehead atoms. The van der Waals surface area contributed by atoms with Gasteiger partial charge in [-0.05, 0) is 30.5 Å². The molecular formula is C12H15ClO2. The number of ether oxygens (including phenoxy) is 1. The van der Waals surface area contributed by atoms with E-state index in [0.717, 1.165) is 17.5 Å². The number of ketones is 1. The lowest BCUT2D eigenvalue weighted by molar-refractivity contribution is -0.116. The molecule has 0 saturated heterocycles. The normalized spacial score (nSPS) is 10.1. The fraction of sp³-hybridized carbons (Fsp3) is 0.417. The van der Waals surface area contributed by atoms with Crippen LogP contribution in [0.1, 0.15) is 25.0 Å². The van der Waals surface area contributed by atoms with Gasteiger partial charge in [0.15, 0.2) is 0 Å².